The Balaban J connectivity index is 1.44. The van der Waals surface area contributed by atoms with Gasteiger partial charge in [0.2, 0.25) is 11.8 Å². The number of carbonyl (C=O) groups excluding carboxylic acids is 1. The predicted octanol–water partition coefficient (Wildman–Crippen LogP) is 1.76. The van der Waals surface area contributed by atoms with Crippen LogP contribution >= 0.6 is 0 Å². The molecule has 1 saturated carbocycles. The summed E-state index contributed by atoms with van der Waals surface area (Å²) in [6.45, 7) is 3.14. The third-order valence-corrected chi connectivity index (χ3v) is 5.10. The van der Waals surface area contributed by atoms with E-state index in [0.29, 0.717) is 18.2 Å². The van der Waals surface area contributed by atoms with E-state index < -0.39 is 0 Å². The van der Waals surface area contributed by atoms with E-state index in [9.17, 15) is 4.79 Å². The number of aromatic nitrogens is 3. The Morgan fingerprint density at radius 1 is 1.35 bits per heavy atom. The van der Waals surface area contributed by atoms with Crippen LogP contribution in [0.3, 0.4) is 0 Å². The van der Waals surface area contributed by atoms with Crippen LogP contribution in [0.1, 0.15) is 36.6 Å². The van der Waals surface area contributed by atoms with E-state index in [1.165, 1.54) is 12.8 Å². The second-order valence-electron chi connectivity index (χ2n) is 7.21. The van der Waals surface area contributed by atoms with Crippen LogP contribution in [0.15, 0.2) is 30.6 Å². The van der Waals surface area contributed by atoms with Crippen LogP contribution in [-0.4, -0.2) is 45.8 Å². The Kier molecular flexibility index (Phi) is 4.88. The lowest BCUT2D eigenvalue weighted by molar-refractivity contribution is -0.122. The Bertz CT molecular complexity index is 771. The minimum Gasteiger partial charge on any atom is -0.481 e. The number of nitrogens with one attached hydrogen (secondary N) is 1. The van der Waals surface area contributed by atoms with E-state index in [0.717, 1.165) is 37.4 Å². The van der Waals surface area contributed by atoms with Gasteiger partial charge in [0, 0.05) is 44.1 Å². The Morgan fingerprint density at radius 3 is 3.04 bits per heavy atom. The minimum atomic E-state index is 0.0515. The molecule has 0 saturated heterocycles. The van der Waals surface area contributed by atoms with Gasteiger partial charge in [-0.25, -0.2) is 4.98 Å². The fraction of sp³-hybridized carbons (Fsp3) is 0.526. The largest absolute Gasteiger partial charge is 0.481 e. The van der Waals surface area contributed by atoms with Crippen molar-refractivity contribution in [1.29, 1.82) is 0 Å². The maximum absolute atomic E-state index is 12.3. The van der Waals surface area contributed by atoms with Gasteiger partial charge in [-0.2, -0.15) is 5.10 Å². The predicted molar refractivity (Wildman–Crippen MR) is 96.5 cm³/mol. The first-order chi connectivity index (χ1) is 12.7. The molecule has 1 N–H and O–H groups in total. The van der Waals surface area contributed by atoms with Crippen molar-refractivity contribution in [3.8, 4) is 5.88 Å². The zero-order chi connectivity index (χ0) is 17.9. The smallest absolute Gasteiger partial charge is 0.222 e. The highest BCUT2D eigenvalue weighted by atomic mass is 16.5. The molecule has 0 bridgehead atoms. The second kappa shape index (κ2) is 7.45. The zero-order valence-corrected chi connectivity index (χ0v) is 15.1. The van der Waals surface area contributed by atoms with Crippen LogP contribution in [0.5, 0.6) is 5.88 Å². The van der Waals surface area contributed by atoms with Crippen molar-refractivity contribution >= 4 is 5.91 Å². The molecule has 2 aliphatic rings. The number of ether oxygens (including phenoxy) is 1. The lowest BCUT2D eigenvalue weighted by Crippen LogP contribution is -2.40. The first-order valence-corrected chi connectivity index (χ1v) is 9.22. The van der Waals surface area contributed by atoms with Gasteiger partial charge in [-0.1, -0.05) is 6.07 Å². The standard InChI is InChI=1S/C19H25N5O2/c1-26-19-15(3-2-7-20-19)11-23-12-16-6-8-22-24(16)17(13-23)9-18(25)21-10-14-4-5-14/h2-3,6-8,14,17H,4-5,9-13H2,1H3,(H,21,25)/t17-/m1/s1. The molecule has 4 rings (SSSR count). The molecule has 1 atom stereocenters. The summed E-state index contributed by atoms with van der Waals surface area (Å²) in [4.78, 5) is 18.9. The van der Waals surface area contributed by atoms with Crippen LogP contribution < -0.4 is 10.1 Å². The highest BCUT2D eigenvalue weighted by Gasteiger charge is 2.29. The lowest BCUT2D eigenvalue weighted by atomic mass is 10.1. The number of pyridine rings is 1. The number of hydrogen-bond acceptors (Lipinski definition) is 5. The van der Waals surface area contributed by atoms with E-state index in [4.69, 9.17) is 4.74 Å². The van der Waals surface area contributed by atoms with Crippen LogP contribution in [-0.2, 0) is 17.9 Å². The van der Waals surface area contributed by atoms with E-state index in [2.05, 4.69) is 20.3 Å². The first-order valence-electron chi connectivity index (χ1n) is 9.22. The van der Waals surface area contributed by atoms with Gasteiger partial charge in [0.05, 0.1) is 25.3 Å². The van der Waals surface area contributed by atoms with Gasteiger partial charge in [0.1, 0.15) is 0 Å². The highest BCUT2D eigenvalue weighted by Crippen LogP contribution is 2.28. The van der Waals surface area contributed by atoms with Crippen LogP contribution in [0.25, 0.3) is 0 Å². The van der Waals surface area contributed by atoms with E-state index in [-0.39, 0.29) is 11.9 Å². The molecule has 26 heavy (non-hydrogen) atoms. The molecule has 1 fully saturated rings. The Morgan fingerprint density at radius 2 is 2.23 bits per heavy atom. The average Bonchev–Trinajstić information content (AvgIpc) is 3.36. The van der Waals surface area contributed by atoms with Gasteiger partial charge in [0.25, 0.3) is 0 Å². The molecule has 138 valence electrons. The number of fused-ring (bicyclic) bond motifs is 1. The Hall–Kier alpha value is -2.41. The third-order valence-electron chi connectivity index (χ3n) is 5.10. The third kappa shape index (κ3) is 3.88. The number of carbonyl (C=O) groups is 1. The number of amides is 1. The van der Waals surface area contributed by atoms with Gasteiger partial charge in [-0.15, -0.1) is 0 Å². The summed E-state index contributed by atoms with van der Waals surface area (Å²) >= 11 is 0. The van der Waals surface area contributed by atoms with Crippen molar-refractivity contribution in [2.45, 2.75) is 38.4 Å². The summed E-state index contributed by atoms with van der Waals surface area (Å²) in [5.41, 5.74) is 2.19. The van der Waals surface area contributed by atoms with Crippen LogP contribution in [0.2, 0.25) is 0 Å². The second-order valence-corrected chi connectivity index (χ2v) is 7.21. The summed E-state index contributed by atoms with van der Waals surface area (Å²) < 4.78 is 7.38. The van der Waals surface area contributed by atoms with Gasteiger partial charge >= 0.3 is 0 Å². The van der Waals surface area contributed by atoms with Crippen LogP contribution in [0, 0.1) is 5.92 Å². The molecule has 2 aromatic rings. The summed E-state index contributed by atoms with van der Waals surface area (Å²) in [7, 11) is 1.64. The molecular weight excluding hydrogens is 330 g/mol. The maximum Gasteiger partial charge on any atom is 0.222 e. The molecular formula is C19H25N5O2. The quantitative estimate of drug-likeness (QED) is 0.819. The number of methoxy groups -OCH3 is 1. The average molecular weight is 355 g/mol. The molecule has 0 spiro atoms. The molecule has 0 aromatic carbocycles. The van der Waals surface area contributed by atoms with Gasteiger partial charge in [-0.3, -0.25) is 14.4 Å². The van der Waals surface area contributed by atoms with Crippen molar-refractivity contribution in [2.24, 2.45) is 5.92 Å². The molecule has 0 unspecified atom stereocenters. The lowest BCUT2D eigenvalue weighted by Gasteiger charge is -2.33. The normalized spacial score (nSPS) is 19.8. The maximum atomic E-state index is 12.3. The fourth-order valence-electron chi connectivity index (χ4n) is 3.57. The number of rotatable bonds is 7. The topological polar surface area (TPSA) is 72.3 Å². The number of nitrogens with zero attached hydrogens (tertiary/aromatic N) is 4. The molecule has 7 nitrogen and oxygen atoms in total. The zero-order valence-electron chi connectivity index (χ0n) is 15.1. The van der Waals surface area contributed by atoms with E-state index in [1.54, 1.807) is 13.3 Å². The van der Waals surface area contributed by atoms with Gasteiger partial charge in [0.15, 0.2) is 0 Å². The van der Waals surface area contributed by atoms with E-state index >= 15 is 0 Å². The summed E-state index contributed by atoms with van der Waals surface area (Å²) in [6.07, 6.45) is 6.50. The summed E-state index contributed by atoms with van der Waals surface area (Å²) in [5.74, 6) is 1.47. The van der Waals surface area contributed by atoms with Gasteiger partial charge in [-0.05, 0) is 30.9 Å². The monoisotopic (exact) mass is 355 g/mol. The molecule has 0 radical (unpaired) electrons. The van der Waals surface area contributed by atoms with Crippen molar-refractivity contribution in [1.82, 2.24) is 25.0 Å². The van der Waals surface area contributed by atoms with Crippen molar-refractivity contribution in [3.63, 3.8) is 0 Å². The van der Waals surface area contributed by atoms with Crippen LogP contribution in [0.4, 0.5) is 0 Å². The van der Waals surface area contributed by atoms with Crippen molar-refractivity contribution in [3.05, 3.63) is 41.9 Å². The minimum absolute atomic E-state index is 0.0515. The molecule has 2 aromatic heterocycles. The number of hydrogen-bond donors (Lipinski definition) is 1. The van der Waals surface area contributed by atoms with Crippen molar-refractivity contribution in [2.75, 3.05) is 20.2 Å². The molecule has 1 aliphatic carbocycles. The molecule has 3 heterocycles. The van der Waals surface area contributed by atoms with Crippen molar-refractivity contribution < 1.29 is 9.53 Å². The fourth-order valence-corrected chi connectivity index (χ4v) is 3.57. The Labute approximate surface area is 153 Å². The highest BCUT2D eigenvalue weighted by molar-refractivity contribution is 5.76. The van der Waals surface area contributed by atoms with Gasteiger partial charge < -0.3 is 10.1 Å². The van der Waals surface area contributed by atoms with E-state index in [1.807, 2.05) is 29.1 Å². The molecule has 1 aliphatic heterocycles. The summed E-state index contributed by atoms with van der Waals surface area (Å²) in [5, 5.41) is 7.52. The molecule has 1 amide bonds. The first kappa shape index (κ1) is 17.0. The summed E-state index contributed by atoms with van der Waals surface area (Å²) in [6, 6.07) is 6.04. The SMILES string of the molecule is COc1ncccc1CN1Cc2ccnn2[C@H](CC(=O)NCC2CC2)C1. The molecule has 7 heteroatoms.